The Balaban J connectivity index is 3.19. The van der Waals surface area contributed by atoms with Crippen LogP contribution in [0.1, 0.15) is 25.6 Å². The van der Waals surface area contributed by atoms with E-state index in [0.29, 0.717) is 0 Å². The number of carbonyl (C=O) groups is 3. The third-order valence-electron chi connectivity index (χ3n) is 3.30. The van der Waals surface area contributed by atoms with Crippen LogP contribution >= 0.6 is 0 Å². The quantitative estimate of drug-likeness (QED) is 0.235. The van der Waals surface area contributed by atoms with Crippen LogP contribution in [0.15, 0.2) is 21.9 Å². The molecule has 160 valence electrons. The Morgan fingerprint density at radius 3 is 2.41 bits per heavy atom. The van der Waals surface area contributed by atoms with E-state index in [-0.39, 0.29) is 18.8 Å². The molecule has 1 aromatic rings. The monoisotopic (exact) mass is 416 g/mol. The van der Waals surface area contributed by atoms with Gasteiger partial charge in [-0.05, 0) is 6.08 Å². The van der Waals surface area contributed by atoms with Crippen molar-refractivity contribution >= 4 is 24.0 Å². The number of nitrogens with one attached hydrogen (secondary N) is 1. The normalized spacial score (nSPS) is 13.0. The van der Waals surface area contributed by atoms with E-state index in [1.165, 1.54) is 6.92 Å². The number of H-pyrrole nitrogens is 1. The second-order valence-electron chi connectivity index (χ2n) is 5.53. The van der Waals surface area contributed by atoms with Crippen LogP contribution in [0, 0.1) is 0 Å². The van der Waals surface area contributed by atoms with Crippen LogP contribution in [-0.4, -0.2) is 60.6 Å². The summed E-state index contributed by atoms with van der Waals surface area (Å²) in [5, 5.41) is 0. The molecule has 0 saturated heterocycles. The number of alkyl halides is 1. The molecule has 0 aliphatic rings. The maximum absolute atomic E-state index is 14.6. The van der Waals surface area contributed by atoms with Crippen LogP contribution in [0.3, 0.4) is 0 Å². The van der Waals surface area contributed by atoms with Gasteiger partial charge in [-0.3, -0.25) is 23.9 Å². The Kier molecular flexibility index (Phi) is 9.45. The SMILES string of the molecule is COC(=O)/C=C/c1cn([C@H](OCCOC(C)=O)C(F)COC(C)=O)c(=O)[nH]c1=O. The predicted molar refractivity (Wildman–Crippen MR) is 95.5 cm³/mol. The standard InChI is InChI=1S/C17H21FN2O9/c1-10(21)27-6-7-28-16(13(18)9-29-11(2)22)20-8-12(4-5-14(23)26-3)15(24)19-17(20)25/h4-5,8,13,16H,6-7,9H2,1-3H3,(H,19,24,25)/b5-4+/t13?,16-/m1/s1. The van der Waals surface area contributed by atoms with Crippen LogP contribution in [0.5, 0.6) is 0 Å². The largest absolute Gasteiger partial charge is 0.466 e. The van der Waals surface area contributed by atoms with E-state index < -0.39 is 48.2 Å². The first kappa shape index (κ1) is 23.8. The average Bonchev–Trinajstić information content (AvgIpc) is 2.65. The lowest BCUT2D eigenvalue weighted by Gasteiger charge is -2.23. The van der Waals surface area contributed by atoms with Gasteiger partial charge in [-0.2, -0.15) is 0 Å². The summed E-state index contributed by atoms with van der Waals surface area (Å²) in [4.78, 5) is 59.0. The second kappa shape index (κ2) is 11.5. The lowest BCUT2D eigenvalue weighted by Crippen LogP contribution is -2.39. The van der Waals surface area contributed by atoms with Crippen molar-refractivity contribution in [2.45, 2.75) is 26.2 Å². The summed E-state index contributed by atoms with van der Waals surface area (Å²) >= 11 is 0. The van der Waals surface area contributed by atoms with Crippen LogP contribution in [0.25, 0.3) is 6.08 Å². The molecule has 1 heterocycles. The molecule has 0 aliphatic carbocycles. The Morgan fingerprint density at radius 1 is 1.17 bits per heavy atom. The molecule has 1 N–H and O–H groups in total. The van der Waals surface area contributed by atoms with Crippen LogP contribution in [0.2, 0.25) is 0 Å². The van der Waals surface area contributed by atoms with E-state index >= 15 is 0 Å². The summed E-state index contributed by atoms with van der Waals surface area (Å²) in [6.07, 6.45) is -0.661. The van der Waals surface area contributed by atoms with Crippen molar-refractivity contribution < 1.29 is 37.7 Å². The highest BCUT2D eigenvalue weighted by molar-refractivity contribution is 5.86. The minimum absolute atomic E-state index is 0.164. The van der Waals surface area contributed by atoms with Gasteiger partial charge in [0.25, 0.3) is 5.56 Å². The van der Waals surface area contributed by atoms with Crippen molar-refractivity contribution in [2.24, 2.45) is 0 Å². The van der Waals surface area contributed by atoms with Crippen molar-refractivity contribution in [1.29, 1.82) is 0 Å². The van der Waals surface area contributed by atoms with Crippen molar-refractivity contribution in [3.05, 3.63) is 38.7 Å². The average molecular weight is 416 g/mol. The molecule has 29 heavy (non-hydrogen) atoms. The molecule has 1 unspecified atom stereocenters. The van der Waals surface area contributed by atoms with E-state index in [9.17, 15) is 28.4 Å². The van der Waals surface area contributed by atoms with Crippen LogP contribution in [-0.2, 0) is 33.3 Å². The van der Waals surface area contributed by atoms with E-state index in [2.05, 4.69) is 14.2 Å². The number of halogens is 1. The Labute approximate surface area is 164 Å². The Hall–Kier alpha value is -3.28. The van der Waals surface area contributed by atoms with Crippen molar-refractivity contribution in [3.8, 4) is 0 Å². The maximum atomic E-state index is 14.6. The summed E-state index contributed by atoms with van der Waals surface area (Å²) in [6, 6.07) is 0. The lowest BCUT2D eigenvalue weighted by atomic mass is 10.3. The molecule has 0 fully saturated rings. The highest BCUT2D eigenvalue weighted by Crippen LogP contribution is 2.16. The molecule has 0 radical (unpaired) electrons. The number of hydrogen-bond acceptors (Lipinski definition) is 9. The van der Waals surface area contributed by atoms with Gasteiger partial charge in [0.1, 0.15) is 13.2 Å². The van der Waals surface area contributed by atoms with Crippen molar-refractivity contribution in [2.75, 3.05) is 26.9 Å². The van der Waals surface area contributed by atoms with Gasteiger partial charge >= 0.3 is 23.6 Å². The van der Waals surface area contributed by atoms with E-state index in [1.807, 2.05) is 4.98 Å². The summed E-state index contributed by atoms with van der Waals surface area (Å²) < 4.78 is 34.3. The first-order valence-corrected chi connectivity index (χ1v) is 8.29. The third-order valence-corrected chi connectivity index (χ3v) is 3.30. The van der Waals surface area contributed by atoms with E-state index in [4.69, 9.17) is 4.74 Å². The number of methoxy groups -OCH3 is 1. The molecule has 0 spiro atoms. The first-order valence-electron chi connectivity index (χ1n) is 8.29. The van der Waals surface area contributed by atoms with Crippen molar-refractivity contribution in [1.82, 2.24) is 9.55 Å². The molecular weight excluding hydrogens is 395 g/mol. The molecule has 12 heteroatoms. The molecule has 1 rings (SSSR count). The predicted octanol–water partition coefficient (Wildman–Crippen LogP) is -0.298. The van der Waals surface area contributed by atoms with E-state index in [1.54, 1.807) is 0 Å². The van der Waals surface area contributed by atoms with Gasteiger partial charge in [0, 0.05) is 26.1 Å². The van der Waals surface area contributed by atoms with Gasteiger partial charge in [-0.25, -0.2) is 14.0 Å². The second-order valence-corrected chi connectivity index (χ2v) is 5.53. The van der Waals surface area contributed by atoms with Gasteiger partial charge in [0.15, 0.2) is 12.4 Å². The highest BCUT2D eigenvalue weighted by atomic mass is 19.1. The number of esters is 3. The minimum Gasteiger partial charge on any atom is -0.466 e. The van der Waals surface area contributed by atoms with Gasteiger partial charge in [0.2, 0.25) is 0 Å². The Morgan fingerprint density at radius 2 is 1.83 bits per heavy atom. The van der Waals surface area contributed by atoms with E-state index in [0.717, 1.165) is 36.9 Å². The van der Waals surface area contributed by atoms with Gasteiger partial charge in [-0.1, -0.05) is 0 Å². The highest BCUT2D eigenvalue weighted by Gasteiger charge is 2.27. The number of nitrogens with zero attached hydrogens (tertiary/aromatic N) is 1. The summed E-state index contributed by atoms with van der Waals surface area (Å²) in [7, 11) is 1.13. The Bertz CT molecular complexity index is 874. The number of rotatable bonds is 10. The first-order chi connectivity index (χ1) is 13.6. The van der Waals surface area contributed by atoms with Gasteiger partial charge in [0.05, 0.1) is 19.3 Å². The zero-order valence-corrected chi connectivity index (χ0v) is 16.0. The molecule has 2 atom stereocenters. The molecular formula is C17H21FN2O9. The molecule has 0 bridgehead atoms. The number of aromatic nitrogens is 2. The fourth-order valence-electron chi connectivity index (χ4n) is 2.03. The molecule has 0 aromatic carbocycles. The molecule has 0 aliphatic heterocycles. The number of hydrogen-bond donors (Lipinski definition) is 1. The molecule has 0 amide bonds. The third kappa shape index (κ3) is 8.09. The number of carbonyl (C=O) groups excluding carboxylic acids is 3. The van der Waals surface area contributed by atoms with Crippen LogP contribution in [0.4, 0.5) is 4.39 Å². The topological polar surface area (TPSA) is 143 Å². The maximum Gasteiger partial charge on any atom is 0.330 e. The number of aromatic amines is 1. The molecule has 0 saturated carbocycles. The van der Waals surface area contributed by atoms with Crippen LogP contribution < -0.4 is 11.2 Å². The molecule has 1 aromatic heterocycles. The van der Waals surface area contributed by atoms with Gasteiger partial charge in [-0.15, -0.1) is 0 Å². The summed E-state index contributed by atoms with van der Waals surface area (Å²) in [5.41, 5.74) is -2.00. The molecule has 11 nitrogen and oxygen atoms in total. The minimum atomic E-state index is -2.00. The fraction of sp³-hybridized carbons (Fsp3) is 0.471. The summed E-state index contributed by atoms with van der Waals surface area (Å²) in [6.45, 7) is 1.00. The summed E-state index contributed by atoms with van der Waals surface area (Å²) in [5.74, 6) is -2.09. The zero-order valence-electron chi connectivity index (χ0n) is 16.0. The zero-order chi connectivity index (χ0) is 22.0. The fourth-order valence-corrected chi connectivity index (χ4v) is 2.03. The number of ether oxygens (including phenoxy) is 4. The smallest absolute Gasteiger partial charge is 0.330 e. The lowest BCUT2D eigenvalue weighted by molar-refractivity contribution is -0.151. The van der Waals surface area contributed by atoms with Gasteiger partial charge < -0.3 is 18.9 Å². The van der Waals surface area contributed by atoms with Crippen molar-refractivity contribution in [3.63, 3.8) is 0 Å².